The highest BCUT2D eigenvalue weighted by atomic mass is 16.5. The number of likely N-dealkylation sites (N-methyl/N-ethyl adjacent to an activating group) is 1. The number of nitrogens with two attached hydrogens (primary N) is 1. The largest absolute Gasteiger partial charge is 0.472 e. The average Bonchev–Trinajstić information content (AvgIpc) is 2.76. The van der Waals surface area contributed by atoms with Gasteiger partial charge in [-0.15, -0.1) is 0 Å². The first-order valence-corrected chi connectivity index (χ1v) is 11.1. The first-order valence-electron chi connectivity index (χ1n) is 11.1. The van der Waals surface area contributed by atoms with Crippen molar-refractivity contribution in [3.05, 3.63) is 23.5 Å². The molecule has 0 radical (unpaired) electrons. The molecule has 0 aromatic carbocycles. The number of hydrogen-bond acceptors (Lipinski definition) is 7. The molecule has 0 unspecified atom stereocenters. The molecule has 0 spiro atoms. The van der Waals surface area contributed by atoms with E-state index in [1.165, 1.54) is 0 Å². The van der Waals surface area contributed by atoms with E-state index in [1.54, 1.807) is 0 Å². The zero-order chi connectivity index (χ0) is 22.3. The van der Waals surface area contributed by atoms with E-state index in [2.05, 4.69) is 57.0 Å². The second kappa shape index (κ2) is 11.1. The Labute approximate surface area is 181 Å². The molecule has 0 saturated carbocycles. The molecule has 0 saturated heterocycles. The van der Waals surface area contributed by atoms with Crippen LogP contribution in [0.15, 0.2) is 12.1 Å². The van der Waals surface area contributed by atoms with Gasteiger partial charge in [0.15, 0.2) is 5.82 Å². The maximum atomic E-state index is 6.16. The zero-order valence-corrected chi connectivity index (χ0v) is 19.6. The maximum Gasteiger partial charge on any atom is 0.257 e. The van der Waals surface area contributed by atoms with Crippen LogP contribution in [0, 0.1) is 0 Å². The molecule has 166 valence electrons. The third-order valence-corrected chi connectivity index (χ3v) is 5.27. The lowest BCUT2D eigenvalue weighted by atomic mass is 10.0. The summed E-state index contributed by atoms with van der Waals surface area (Å²) in [5, 5.41) is 3.16. The van der Waals surface area contributed by atoms with Gasteiger partial charge in [0.05, 0.1) is 11.4 Å². The van der Waals surface area contributed by atoms with E-state index < -0.39 is 0 Å². The van der Waals surface area contributed by atoms with Crippen LogP contribution >= 0.6 is 0 Å². The first kappa shape index (κ1) is 23.9. The molecule has 30 heavy (non-hydrogen) atoms. The van der Waals surface area contributed by atoms with Crippen LogP contribution in [0.3, 0.4) is 0 Å². The summed E-state index contributed by atoms with van der Waals surface area (Å²) in [5.41, 5.74) is 9.57. The summed E-state index contributed by atoms with van der Waals surface area (Å²) in [5.74, 6) is 2.43. The Kier molecular flexibility index (Phi) is 8.84. The van der Waals surface area contributed by atoms with Crippen LogP contribution < -0.4 is 20.7 Å². The quantitative estimate of drug-likeness (QED) is 0.569. The van der Waals surface area contributed by atoms with Crippen molar-refractivity contribution >= 4 is 11.6 Å². The zero-order valence-electron chi connectivity index (χ0n) is 19.6. The number of hydrogen-bond donors (Lipinski definition) is 2. The molecule has 3 N–H and O–H groups in total. The van der Waals surface area contributed by atoms with Gasteiger partial charge >= 0.3 is 0 Å². The Morgan fingerprint density at radius 1 is 1.10 bits per heavy atom. The third kappa shape index (κ3) is 5.39. The van der Waals surface area contributed by atoms with Crippen LogP contribution in [0.1, 0.15) is 64.8 Å². The van der Waals surface area contributed by atoms with E-state index in [0.717, 1.165) is 47.7 Å². The lowest BCUT2D eigenvalue weighted by Gasteiger charge is -2.23. The van der Waals surface area contributed by atoms with Crippen molar-refractivity contribution in [1.29, 1.82) is 0 Å². The molecular formula is C23H38N6O. The van der Waals surface area contributed by atoms with Gasteiger partial charge in [0, 0.05) is 38.4 Å². The molecule has 0 amide bonds. The lowest BCUT2D eigenvalue weighted by molar-refractivity contribution is 0.185. The van der Waals surface area contributed by atoms with E-state index in [1.807, 2.05) is 14.1 Å². The summed E-state index contributed by atoms with van der Waals surface area (Å²) in [6, 6.07) is 4.18. The topological polar surface area (TPSA) is 89.2 Å². The van der Waals surface area contributed by atoms with Gasteiger partial charge < -0.3 is 20.7 Å². The fourth-order valence-electron chi connectivity index (χ4n) is 3.33. The van der Waals surface area contributed by atoms with E-state index in [-0.39, 0.29) is 6.10 Å². The summed E-state index contributed by atoms with van der Waals surface area (Å²) >= 11 is 0. The molecule has 0 aliphatic rings. The Hall–Kier alpha value is -2.41. The predicted octanol–water partition coefficient (Wildman–Crippen LogP) is 4.23. The Bertz CT molecular complexity index is 820. The van der Waals surface area contributed by atoms with E-state index in [9.17, 15) is 0 Å². The van der Waals surface area contributed by atoms with Crippen LogP contribution in [0.4, 0.5) is 11.6 Å². The molecule has 2 aromatic heterocycles. The van der Waals surface area contributed by atoms with Crippen molar-refractivity contribution in [2.45, 2.75) is 65.9 Å². The molecule has 0 fully saturated rings. The Morgan fingerprint density at radius 3 is 2.33 bits per heavy atom. The average molecular weight is 415 g/mol. The second-order valence-corrected chi connectivity index (χ2v) is 7.80. The summed E-state index contributed by atoms with van der Waals surface area (Å²) in [6.07, 6.45) is 2.73. The summed E-state index contributed by atoms with van der Waals surface area (Å²) < 4.78 is 6.16. The number of nitrogens with zero attached hydrogens (tertiary/aromatic N) is 4. The molecule has 0 aliphatic carbocycles. The number of ether oxygens (including phenoxy) is 1. The fourth-order valence-corrected chi connectivity index (χ4v) is 3.33. The standard InChI is InChI=1S/C23H38N6O/c1-8-16(9-2)30-23-21(25-6)28-20(18(10-3)27-23)17-11-12-19(15(4)5)26-22(17)29(7)14-13-24/h11-12,15-16H,8-10,13-14,24H2,1-7H3,(H,25,28). The minimum absolute atomic E-state index is 0.125. The van der Waals surface area contributed by atoms with Gasteiger partial charge in [-0.1, -0.05) is 34.6 Å². The third-order valence-electron chi connectivity index (χ3n) is 5.27. The first-order chi connectivity index (χ1) is 14.4. The van der Waals surface area contributed by atoms with Crippen molar-refractivity contribution in [3.8, 4) is 17.1 Å². The highest BCUT2D eigenvalue weighted by Crippen LogP contribution is 2.34. The van der Waals surface area contributed by atoms with E-state index in [0.29, 0.717) is 30.7 Å². The van der Waals surface area contributed by atoms with Crippen molar-refractivity contribution < 1.29 is 4.74 Å². The summed E-state index contributed by atoms with van der Waals surface area (Å²) in [7, 11) is 3.87. The minimum atomic E-state index is 0.125. The molecule has 2 rings (SSSR count). The predicted molar refractivity (Wildman–Crippen MR) is 126 cm³/mol. The van der Waals surface area contributed by atoms with Crippen molar-refractivity contribution in [2.24, 2.45) is 5.73 Å². The normalized spacial score (nSPS) is 11.3. The molecule has 0 bridgehead atoms. The number of nitrogens with one attached hydrogen (secondary N) is 1. The number of anilines is 2. The number of aromatic nitrogens is 3. The van der Waals surface area contributed by atoms with Crippen LogP contribution in [0.2, 0.25) is 0 Å². The molecule has 2 aromatic rings. The minimum Gasteiger partial charge on any atom is -0.472 e. The summed E-state index contributed by atoms with van der Waals surface area (Å²) in [6.45, 7) is 11.9. The van der Waals surface area contributed by atoms with Crippen LogP contribution in [-0.4, -0.2) is 48.2 Å². The van der Waals surface area contributed by atoms with Gasteiger partial charge in [0.2, 0.25) is 0 Å². The Balaban J connectivity index is 2.64. The van der Waals surface area contributed by atoms with E-state index >= 15 is 0 Å². The van der Waals surface area contributed by atoms with Gasteiger partial charge in [0.25, 0.3) is 5.88 Å². The fraction of sp³-hybridized carbons (Fsp3) is 0.609. The molecular weight excluding hydrogens is 376 g/mol. The molecule has 0 aliphatic heterocycles. The van der Waals surface area contributed by atoms with E-state index in [4.69, 9.17) is 25.4 Å². The number of pyridine rings is 1. The van der Waals surface area contributed by atoms with Gasteiger partial charge in [-0.25, -0.2) is 15.0 Å². The Morgan fingerprint density at radius 2 is 1.80 bits per heavy atom. The monoisotopic (exact) mass is 414 g/mol. The molecule has 7 nitrogen and oxygen atoms in total. The molecule has 2 heterocycles. The smallest absolute Gasteiger partial charge is 0.257 e. The van der Waals surface area contributed by atoms with Gasteiger partial charge in [-0.3, -0.25) is 0 Å². The van der Waals surface area contributed by atoms with Crippen molar-refractivity contribution in [1.82, 2.24) is 15.0 Å². The van der Waals surface area contributed by atoms with Gasteiger partial charge in [-0.05, 0) is 37.3 Å². The highest BCUT2D eigenvalue weighted by molar-refractivity contribution is 5.76. The summed E-state index contributed by atoms with van der Waals surface area (Å²) in [4.78, 5) is 16.8. The number of rotatable bonds is 11. The SMILES string of the molecule is CCc1nc(OC(CC)CC)c(NC)nc1-c1ccc(C(C)C)nc1N(C)CCN. The maximum absolute atomic E-state index is 6.16. The molecule has 7 heteroatoms. The van der Waals surface area contributed by atoms with Crippen LogP contribution in [0.5, 0.6) is 5.88 Å². The lowest BCUT2D eigenvalue weighted by Crippen LogP contribution is -2.27. The van der Waals surface area contributed by atoms with Gasteiger partial charge in [-0.2, -0.15) is 0 Å². The van der Waals surface area contributed by atoms with Gasteiger partial charge in [0.1, 0.15) is 11.9 Å². The van der Waals surface area contributed by atoms with Crippen molar-refractivity contribution in [2.75, 3.05) is 37.4 Å². The van der Waals surface area contributed by atoms with Crippen LogP contribution in [-0.2, 0) is 6.42 Å². The second-order valence-electron chi connectivity index (χ2n) is 7.80. The molecule has 0 atom stereocenters. The van der Waals surface area contributed by atoms with Crippen molar-refractivity contribution in [3.63, 3.8) is 0 Å². The van der Waals surface area contributed by atoms with Crippen LogP contribution in [0.25, 0.3) is 11.3 Å². The highest BCUT2D eigenvalue weighted by Gasteiger charge is 2.21. The number of aryl methyl sites for hydroxylation is 1.